The van der Waals surface area contributed by atoms with Crippen molar-refractivity contribution in [1.82, 2.24) is 0 Å². The van der Waals surface area contributed by atoms with Crippen molar-refractivity contribution < 1.29 is 4.74 Å². The number of hydrogen-bond donors (Lipinski definition) is 0. The van der Waals surface area contributed by atoms with Crippen LogP contribution in [-0.2, 0) is 4.74 Å². The molecule has 0 amide bonds. The summed E-state index contributed by atoms with van der Waals surface area (Å²) in [5.74, 6) is 0.934. The maximum atomic E-state index is 6.28. The molecule has 88 valence electrons. The van der Waals surface area contributed by atoms with Gasteiger partial charge in [-0.15, -0.1) is 11.6 Å². The van der Waals surface area contributed by atoms with E-state index in [0.717, 1.165) is 25.4 Å². The number of halogens is 1. The zero-order valence-corrected chi connectivity index (χ0v) is 10.6. The summed E-state index contributed by atoms with van der Waals surface area (Å²) >= 11 is 6.28. The van der Waals surface area contributed by atoms with Crippen LogP contribution in [0.2, 0.25) is 0 Å². The van der Waals surface area contributed by atoms with Crippen LogP contribution in [0.15, 0.2) is 0 Å². The SMILES string of the molecule is CCC1CCCC2(CC1)CC(Cl)CCO2. The van der Waals surface area contributed by atoms with E-state index in [1.807, 2.05) is 0 Å². The summed E-state index contributed by atoms with van der Waals surface area (Å²) < 4.78 is 6.07. The Labute approximate surface area is 98.5 Å². The molecule has 1 spiro atoms. The lowest BCUT2D eigenvalue weighted by atomic mass is 9.86. The van der Waals surface area contributed by atoms with Crippen molar-refractivity contribution in [3.63, 3.8) is 0 Å². The smallest absolute Gasteiger partial charge is 0.0696 e. The summed E-state index contributed by atoms with van der Waals surface area (Å²) in [6, 6.07) is 0. The van der Waals surface area contributed by atoms with Gasteiger partial charge in [-0.2, -0.15) is 0 Å². The zero-order chi connectivity index (χ0) is 10.7. The molecule has 2 fully saturated rings. The molecule has 2 aliphatic rings. The molecular formula is C13H23ClO. The van der Waals surface area contributed by atoms with Gasteiger partial charge >= 0.3 is 0 Å². The highest BCUT2D eigenvalue weighted by atomic mass is 35.5. The first kappa shape index (κ1) is 11.7. The fourth-order valence-electron chi connectivity index (χ4n) is 3.17. The molecule has 1 heterocycles. The molecule has 0 radical (unpaired) electrons. The van der Waals surface area contributed by atoms with E-state index in [-0.39, 0.29) is 5.60 Å². The molecule has 3 atom stereocenters. The van der Waals surface area contributed by atoms with Gasteiger partial charge in [-0.25, -0.2) is 0 Å². The molecule has 3 unspecified atom stereocenters. The largest absolute Gasteiger partial charge is 0.375 e. The number of rotatable bonds is 1. The molecule has 0 bridgehead atoms. The van der Waals surface area contributed by atoms with E-state index < -0.39 is 0 Å². The summed E-state index contributed by atoms with van der Waals surface area (Å²) in [5.41, 5.74) is 0.161. The van der Waals surface area contributed by atoms with Gasteiger partial charge in [0.1, 0.15) is 0 Å². The third kappa shape index (κ3) is 2.88. The summed E-state index contributed by atoms with van der Waals surface area (Å²) in [6.45, 7) is 3.19. The molecule has 1 nitrogen and oxygen atoms in total. The highest BCUT2D eigenvalue weighted by Gasteiger charge is 2.38. The Morgan fingerprint density at radius 1 is 1.27 bits per heavy atom. The van der Waals surface area contributed by atoms with Gasteiger partial charge in [-0.3, -0.25) is 0 Å². The highest BCUT2D eigenvalue weighted by molar-refractivity contribution is 6.20. The quantitative estimate of drug-likeness (QED) is 0.616. The normalized spacial score (nSPS) is 42.8. The second-order valence-electron chi connectivity index (χ2n) is 5.33. The van der Waals surface area contributed by atoms with Crippen molar-refractivity contribution in [1.29, 1.82) is 0 Å². The third-order valence-corrected chi connectivity index (χ3v) is 4.64. The first-order valence-corrected chi connectivity index (χ1v) is 6.96. The Balaban J connectivity index is 1.96. The van der Waals surface area contributed by atoms with Gasteiger partial charge < -0.3 is 4.74 Å². The highest BCUT2D eigenvalue weighted by Crippen LogP contribution is 2.41. The fourth-order valence-corrected chi connectivity index (χ4v) is 3.54. The molecule has 1 aliphatic heterocycles. The van der Waals surface area contributed by atoms with E-state index in [2.05, 4.69) is 6.92 Å². The van der Waals surface area contributed by atoms with E-state index in [9.17, 15) is 0 Å². The van der Waals surface area contributed by atoms with Crippen LogP contribution in [-0.4, -0.2) is 17.6 Å². The van der Waals surface area contributed by atoms with Crippen LogP contribution in [0.4, 0.5) is 0 Å². The maximum Gasteiger partial charge on any atom is 0.0696 e. The fraction of sp³-hybridized carbons (Fsp3) is 1.00. The van der Waals surface area contributed by atoms with Gasteiger partial charge in [0.25, 0.3) is 0 Å². The lowest BCUT2D eigenvalue weighted by Crippen LogP contribution is -2.40. The van der Waals surface area contributed by atoms with Crippen LogP contribution < -0.4 is 0 Å². The Bertz CT molecular complexity index is 207. The average Bonchev–Trinajstić information content (AvgIpc) is 2.41. The monoisotopic (exact) mass is 230 g/mol. The minimum absolute atomic E-state index is 0.161. The third-order valence-electron chi connectivity index (χ3n) is 4.26. The molecule has 2 heteroatoms. The zero-order valence-electron chi connectivity index (χ0n) is 9.80. The standard InChI is InChI=1S/C13H23ClO/c1-2-11-4-3-7-13(8-5-11)10-12(14)6-9-15-13/h11-12H,2-10H2,1H3. The predicted molar refractivity (Wildman–Crippen MR) is 64.4 cm³/mol. The van der Waals surface area contributed by atoms with Crippen LogP contribution in [0.1, 0.15) is 58.3 Å². The Morgan fingerprint density at radius 3 is 2.87 bits per heavy atom. The van der Waals surface area contributed by atoms with E-state index >= 15 is 0 Å². The lowest BCUT2D eigenvalue weighted by molar-refractivity contribution is -0.0862. The second-order valence-corrected chi connectivity index (χ2v) is 5.94. The molecule has 0 N–H and O–H groups in total. The molecule has 15 heavy (non-hydrogen) atoms. The van der Waals surface area contributed by atoms with Crippen molar-refractivity contribution in [3.8, 4) is 0 Å². The van der Waals surface area contributed by atoms with Crippen LogP contribution in [0.5, 0.6) is 0 Å². The minimum Gasteiger partial charge on any atom is -0.375 e. The van der Waals surface area contributed by atoms with Gasteiger partial charge in [-0.1, -0.05) is 26.2 Å². The number of ether oxygens (including phenoxy) is 1. The van der Waals surface area contributed by atoms with E-state index in [4.69, 9.17) is 16.3 Å². The van der Waals surface area contributed by atoms with Crippen LogP contribution in [0.3, 0.4) is 0 Å². The molecule has 1 saturated carbocycles. The van der Waals surface area contributed by atoms with Gasteiger partial charge in [0, 0.05) is 12.0 Å². The van der Waals surface area contributed by atoms with E-state index in [0.29, 0.717) is 5.38 Å². The van der Waals surface area contributed by atoms with Crippen molar-refractivity contribution in [2.45, 2.75) is 69.3 Å². The first-order valence-electron chi connectivity index (χ1n) is 6.52. The van der Waals surface area contributed by atoms with Crippen molar-refractivity contribution in [2.75, 3.05) is 6.61 Å². The molecule has 2 rings (SSSR count). The number of alkyl halides is 1. The Hall–Kier alpha value is 0.250. The van der Waals surface area contributed by atoms with Crippen molar-refractivity contribution in [2.24, 2.45) is 5.92 Å². The van der Waals surface area contributed by atoms with Gasteiger partial charge in [0.15, 0.2) is 0 Å². The molecule has 0 aromatic rings. The van der Waals surface area contributed by atoms with Crippen LogP contribution >= 0.6 is 11.6 Å². The van der Waals surface area contributed by atoms with Crippen molar-refractivity contribution in [3.05, 3.63) is 0 Å². The molecule has 0 aromatic heterocycles. The van der Waals surface area contributed by atoms with E-state index in [1.165, 1.54) is 38.5 Å². The van der Waals surface area contributed by atoms with Gasteiger partial charge in [0.2, 0.25) is 0 Å². The topological polar surface area (TPSA) is 9.23 Å². The molecule has 1 aliphatic carbocycles. The van der Waals surface area contributed by atoms with Gasteiger partial charge in [-0.05, 0) is 38.0 Å². The molecular weight excluding hydrogens is 208 g/mol. The summed E-state index contributed by atoms with van der Waals surface area (Å²) in [6.07, 6.45) is 10.0. The number of hydrogen-bond acceptors (Lipinski definition) is 1. The first-order chi connectivity index (χ1) is 7.24. The molecule has 1 saturated heterocycles. The Kier molecular flexibility index (Phi) is 3.95. The van der Waals surface area contributed by atoms with Crippen molar-refractivity contribution >= 4 is 11.6 Å². The van der Waals surface area contributed by atoms with Crippen LogP contribution in [0, 0.1) is 5.92 Å². The second kappa shape index (κ2) is 5.05. The average molecular weight is 231 g/mol. The lowest BCUT2D eigenvalue weighted by Gasteiger charge is -2.39. The summed E-state index contributed by atoms with van der Waals surface area (Å²) in [7, 11) is 0. The Morgan fingerprint density at radius 2 is 2.13 bits per heavy atom. The summed E-state index contributed by atoms with van der Waals surface area (Å²) in [4.78, 5) is 0. The predicted octanol–water partition coefficient (Wildman–Crippen LogP) is 4.13. The minimum atomic E-state index is 0.161. The van der Waals surface area contributed by atoms with E-state index in [1.54, 1.807) is 0 Å². The summed E-state index contributed by atoms with van der Waals surface area (Å²) in [5, 5.41) is 0.358. The molecule has 0 aromatic carbocycles. The van der Waals surface area contributed by atoms with Gasteiger partial charge in [0.05, 0.1) is 5.60 Å². The van der Waals surface area contributed by atoms with Crippen LogP contribution in [0.25, 0.3) is 0 Å². The maximum absolute atomic E-state index is 6.28.